The van der Waals surface area contributed by atoms with E-state index in [-0.39, 0.29) is 0 Å². The minimum absolute atomic E-state index is 0.293. The van der Waals surface area contributed by atoms with Gasteiger partial charge in [-0.05, 0) is 42.8 Å². The van der Waals surface area contributed by atoms with E-state index in [1.165, 1.54) is 31.5 Å². The van der Waals surface area contributed by atoms with Crippen molar-refractivity contribution in [1.82, 2.24) is 9.97 Å². The highest BCUT2D eigenvalue weighted by Gasteiger charge is 2.14. The molecule has 0 atom stereocenters. The van der Waals surface area contributed by atoms with E-state index in [1.54, 1.807) is 24.5 Å². The zero-order valence-electron chi connectivity index (χ0n) is 14.1. The Morgan fingerprint density at radius 1 is 1.19 bits per heavy atom. The van der Waals surface area contributed by atoms with Gasteiger partial charge in [-0.2, -0.15) is 0 Å². The van der Waals surface area contributed by atoms with Crippen LogP contribution in [-0.2, 0) is 4.74 Å². The standard InChI is InChI=1S/C19H15ClFN3O2/c1-11-9-23-18(13-7-12(20)3-4-15(13)21)8-17(11)24-16-5-6-22-10-14(16)19(25)26-2/h3-10H,1-2H3,(H,22,23,24). The molecule has 2 aromatic heterocycles. The van der Waals surface area contributed by atoms with Crippen molar-refractivity contribution in [3.63, 3.8) is 0 Å². The Kier molecular flexibility index (Phi) is 5.14. The number of ether oxygens (including phenoxy) is 1. The molecule has 0 unspecified atom stereocenters. The molecule has 1 aromatic carbocycles. The van der Waals surface area contributed by atoms with Gasteiger partial charge in [0.25, 0.3) is 0 Å². The summed E-state index contributed by atoms with van der Waals surface area (Å²) in [5.74, 6) is -0.927. The fourth-order valence-electron chi connectivity index (χ4n) is 2.42. The Bertz CT molecular complexity index is 979. The zero-order valence-corrected chi connectivity index (χ0v) is 14.8. The first-order chi connectivity index (χ1) is 12.5. The average Bonchev–Trinajstić information content (AvgIpc) is 2.65. The third kappa shape index (κ3) is 3.65. The number of rotatable bonds is 4. The minimum Gasteiger partial charge on any atom is -0.465 e. The van der Waals surface area contributed by atoms with Gasteiger partial charge < -0.3 is 10.1 Å². The summed E-state index contributed by atoms with van der Waals surface area (Å²) < 4.78 is 18.9. The van der Waals surface area contributed by atoms with Crippen LogP contribution in [0, 0.1) is 12.7 Å². The molecule has 5 nitrogen and oxygen atoms in total. The van der Waals surface area contributed by atoms with Crippen LogP contribution in [0.4, 0.5) is 15.8 Å². The third-order valence-electron chi connectivity index (χ3n) is 3.80. The van der Waals surface area contributed by atoms with Crippen molar-refractivity contribution in [1.29, 1.82) is 0 Å². The largest absolute Gasteiger partial charge is 0.465 e. The highest BCUT2D eigenvalue weighted by atomic mass is 35.5. The molecule has 26 heavy (non-hydrogen) atoms. The summed E-state index contributed by atoms with van der Waals surface area (Å²) in [4.78, 5) is 20.1. The molecule has 3 rings (SSSR count). The van der Waals surface area contributed by atoms with Crippen molar-refractivity contribution in [2.24, 2.45) is 0 Å². The van der Waals surface area contributed by atoms with Gasteiger partial charge in [-0.25, -0.2) is 9.18 Å². The second-order valence-corrected chi connectivity index (χ2v) is 5.98. The Morgan fingerprint density at radius 3 is 2.77 bits per heavy atom. The van der Waals surface area contributed by atoms with Crippen LogP contribution in [0.2, 0.25) is 5.02 Å². The van der Waals surface area contributed by atoms with E-state index in [9.17, 15) is 9.18 Å². The van der Waals surface area contributed by atoms with E-state index >= 15 is 0 Å². The first-order valence-electron chi connectivity index (χ1n) is 7.71. The molecule has 0 saturated carbocycles. The third-order valence-corrected chi connectivity index (χ3v) is 4.04. The van der Waals surface area contributed by atoms with Gasteiger partial charge in [-0.1, -0.05) is 11.6 Å². The Morgan fingerprint density at radius 2 is 2.00 bits per heavy atom. The number of methoxy groups -OCH3 is 1. The number of anilines is 2. The molecule has 0 saturated heterocycles. The van der Waals surface area contributed by atoms with Crippen LogP contribution in [0.5, 0.6) is 0 Å². The van der Waals surface area contributed by atoms with E-state index in [2.05, 4.69) is 15.3 Å². The predicted molar refractivity (Wildman–Crippen MR) is 98.2 cm³/mol. The summed E-state index contributed by atoms with van der Waals surface area (Å²) in [6, 6.07) is 7.65. The summed E-state index contributed by atoms with van der Waals surface area (Å²) in [6.45, 7) is 1.85. The number of carbonyl (C=O) groups excluding carboxylic acids is 1. The van der Waals surface area contributed by atoms with E-state index in [4.69, 9.17) is 16.3 Å². The van der Waals surface area contributed by atoms with E-state index < -0.39 is 11.8 Å². The number of benzene rings is 1. The molecule has 0 radical (unpaired) electrons. The van der Waals surface area contributed by atoms with Gasteiger partial charge >= 0.3 is 5.97 Å². The fraction of sp³-hybridized carbons (Fsp3) is 0.105. The quantitative estimate of drug-likeness (QED) is 0.669. The van der Waals surface area contributed by atoms with Gasteiger partial charge in [-0.15, -0.1) is 0 Å². The van der Waals surface area contributed by atoms with Gasteiger partial charge in [0, 0.05) is 34.9 Å². The number of pyridine rings is 2. The number of nitrogens with one attached hydrogen (secondary N) is 1. The molecule has 0 fully saturated rings. The maximum absolute atomic E-state index is 14.1. The van der Waals surface area contributed by atoms with Crippen LogP contribution < -0.4 is 5.32 Å². The van der Waals surface area contributed by atoms with Gasteiger partial charge in [0.2, 0.25) is 0 Å². The summed E-state index contributed by atoms with van der Waals surface area (Å²) in [5.41, 5.74) is 3.03. The lowest BCUT2D eigenvalue weighted by atomic mass is 10.1. The molecule has 0 aliphatic rings. The van der Waals surface area contributed by atoms with Crippen LogP contribution in [0.25, 0.3) is 11.3 Å². The normalized spacial score (nSPS) is 10.5. The van der Waals surface area contributed by atoms with E-state index in [0.717, 1.165) is 5.56 Å². The fourth-order valence-corrected chi connectivity index (χ4v) is 2.59. The molecule has 0 aliphatic carbocycles. The molecular formula is C19H15ClFN3O2. The molecular weight excluding hydrogens is 357 g/mol. The van der Waals surface area contributed by atoms with Gasteiger partial charge in [-0.3, -0.25) is 9.97 Å². The second-order valence-electron chi connectivity index (χ2n) is 5.55. The maximum Gasteiger partial charge on any atom is 0.341 e. The Hall–Kier alpha value is -2.99. The molecule has 0 bridgehead atoms. The average molecular weight is 372 g/mol. The van der Waals surface area contributed by atoms with Crippen molar-refractivity contribution in [2.45, 2.75) is 6.92 Å². The maximum atomic E-state index is 14.1. The minimum atomic E-state index is -0.506. The lowest BCUT2D eigenvalue weighted by Crippen LogP contribution is -2.07. The van der Waals surface area contributed by atoms with Crippen molar-refractivity contribution in [3.05, 3.63) is 70.9 Å². The molecule has 132 valence electrons. The first kappa shape index (κ1) is 17.8. The van der Waals surface area contributed by atoms with Crippen LogP contribution in [-0.4, -0.2) is 23.0 Å². The molecule has 2 heterocycles. The van der Waals surface area contributed by atoms with Gasteiger partial charge in [0.15, 0.2) is 0 Å². The van der Waals surface area contributed by atoms with Crippen molar-refractivity contribution in [2.75, 3.05) is 12.4 Å². The van der Waals surface area contributed by atoms with E-state index in [0.29, 0.717) is 33.2 Å². The summed E-state index contributed by atoms with van der Waals surface area (Å²) in [5, 5.41) is 3.58. The number of aryl methyl sites for hydroxylation is 1. The number of hydrogen-bond acceptors (Lipinski definition) is 5. The van der Waals surface area contributed by atoms with Crippen LogP contribution in [0.3, 0.4) is 0 Å². The van der Waals surface area contributed by atoms with E-state index in [1.807, 2.05) is 6.92 Å². The van der Waals surface area contributed by atoms with Crippen molar-refractivity contribution >= 4 is 28.9 Å². The topological polar surface area (TPSA) is 64.1 Å². The van der Waals surface area contributed by atoms with Crippen LogP contribution in [0.15, 0.2) is 48.9 Å². The predicted octanol–water partition coefficient (Wildman–Crippen LogP) is 4.77. The monoisotopic (exact) mass is 371 g/mol. The van der Waals surface area contributed by atoms with Crippen LogP contribution in [0.1, 0.15) is 15.9 Å². The first-order valence-corrected chi connectivity index (χ1v) is 8.09. The smallest absolute Gasteiger partial charge is 0.341 e. The second kappa shape index (κ2) is 7.49. The molecule has 0 spiro atoms. The zero-order chi connectivity index (χ0) is 18.7. The molecule has 0 aliphatic heterocycles. The molecule has 7 heteroatoms. The Balaban J connectivity index is 2.02. The lowest BCUT2D eigenvalue weighted by Gasteiger charge is -2.14. The number of aromatic nitrogens is 2. The van der Waals surface area contributed by atoms with Crippen LogP contribution >= 0.6 is 11.6 Å². The van der Waals surface area contributed by atoms with Crippen molar-refractivity contribution < 1.29 is 13.9 Å². The number of esters is 1. The highest BCUT2D eigenvalue weighted by Crippen LogP contribution is 2.30. The van der Waals surface area contributed by atoms with Gasteiger partial charge in [0.1, 0.15) is 11.4 Å². The van der Waals surface area contributed by atoms with Gasteiger partial charge in [0.05, 0.1) is 18.5 Å². The summed E-state index contributed by atoms with van der Waals surface area (Å²) >= 11 is 5.97. The number of hydrogen-bond donors (Lipinski definition) is 1. The number of halogens is 2. The SMILES string of the molecule is COC(=O)c1cnccc1Nc1cc(-c2cc(Cl)ccc2F)ncc1C. The number of nitrogens with zero attached hydrogens (tertiary/aromatic N) is 2. The lowest BCUT2D eigenvalue weighted by molar-refractivity contribution is 0.0601. The molecule has 1 N–H and O–H groups in total. The molecule has 0 amide bonds. The summed E-state index contributed by atoms with van der Waals surface area (Å²) in [6.07, 6.45) is 4.60. The molecule has 3 aromatic rings. The number of carbonyl (C=O) groups is 1. The summed E-state index contributed by atoms with van der Waals surface area (Å²) in [7, 11) is 1.30. The highest BCUT2D eigenvalue weighted by molar-refractivity contribution is 6.30. The Labute approximate surface area is 154 Å². The van der Waals surface area contributed by atoms with Crippen molar-refractivity contribution in [3.8, 4) is 11.3 Å².